The first-order valence-corrected chi connectivity index (χ1v) is 7.89. The Kier molecular flexibility index (Phi) is 3.95. The van der Waals surface area contributed by atoms with Crippen LogP contribution in [0.2, 0.25) is 0 Å². The number of hydrogen-bond donors (Lipinski definition) is 2. The lowest BCUT2D eigenvalue weighted by molar-refractivity contribution is 0.233. The molecule has 4 nitrogen and oxygen atoms in total. The predicted octanol–water partition coefficient (Wildman–Crippen LogP) is 4.05. The van der Waals surface area contributed by atoms with Gasteiger partial charge in [0, 0.05) is 19.0 Å². The van der Waals surface area contributed by atoms with Crippen molar-refractivity contribution in [2.24, 2.45) is 5.41 Å². The number of nitrogens with one attached hydrogen (secondary N) is 2. The zero-order chi connectivity index (χ0) is 14.7. The molecule has 2 aromatic rings. The van der Waals surface area contributed by atoms with Crippen LogP contribution in [0.1, 0.15) is 39.0 Å². The largest absolute Gasteiger partial charge is 0.369 e. The van der Waals surface area contributed by atoms with Gasteiger partial charge in [0.15, 0.2) is 0 Å². The van der Waals surface area contributed by atoms with Crippen LogP contribution in [0.15, 0.2) is 24.3 Å². The van der Waals surface area contributed by atoms with Gasteiger partial charge in [-0.1, -0.05) is 38.3 Å². The average Bonchev–Trinajstić information content (AvgIpc) is 2.53. The topological polar surface area (TPSA) is 49.8 Å². The molecule has 4 heteroatoms. The van der Waals surface area contributed by atoms with Crippen molar-refractivity contribution in [3.63, 3.8) is 0 Å². The second-order valence-corrected chi connectivity index (χ2v) is 6.39. The van der Waals surface area contributed by atoms with Crippen molar-refractivity contribution in [3.8, 4) is 0 Å². The maximum absolute atomic E-state index is 4.60. The van der Waals surface area contributed by atoms with Crippen LogP contribution in [0.4, 0.5) is 11.8 Å². The van der Waals surface area contributed by atoms with Crippen LogP contribution >= 0.6 is 0 Å². The molecular weight excluding hydrogens is 260 g/mol. The van der Waals surface area contributed by atoms with Crippen molar-refractivity contribution in [2.75, 3.05) is 24.2 Å². The van der Waals surface area contributed by atoms with Crippen LogP contribution in [0.5, 0.6) is 0 Å². The fourth-order valence-corrected chi connectivity index (χ4v) is 3.20. The number of para-hydroxylation sites is 1. The van der Waals surface area contributed by atoms with E-state index in [0.717, 1.165) is 23.3 Å². The van der Waals surface area contributed by atoms with Gasteiger partial charge in [-0.25, -0.2) is 4.98 Å². The summed E-state index contributed by atoms with van der Waals surface area (Å²) in [5, 5.41) is 7.72. The molecule has 1 aromatic heterocycles. The van der Waals surface area contributed by atoms with E-state index in [2.05, 4.69) is 33.6 Å². The van der Waals surface area contributed by atoms with E-state index in [1.807, 2.05) is 25.2 Å². The number of benzene rings is 1. The predicted molar refractivity (Wildman–Crippen MR) is 88.8 cm³/mol. The number of aromatic nitrogens is 2. The Balaban J connectivity index is 1.85. The first-order valence-electron chi connectivity index (χ1n) is 7.89. The minimum Gasteiger partial charge on any atom is -0.369 e. The maximum atomic E-state index is 4.60. The second kappa shape index (κ2) is 5.88. The molecular formula is C17H24N4. The highest BCUT2D eigenvalue weighted by Crippen LogP contribution is 2.36. The molecule has 0 unspecified atom stereocenters. The van der Waals surface area contributed by atoms with Crippen molar-refractivity contribution in [3.05, 3.63) is 24.3 Å². The Morgan fingerprint density at radius 2 is 1.86 bits per heavy atom. The van der Waals surface area contributed by atoms with Crippen LogP contribution in [-0.2, 0) is 0 Å². The fraction of sp³-hybridized carbons (Fsp3) is 0.529. The lowest BCUT2D eigenvalue weighted by atomic mass is 9.76. The minimum atomic E-state index is 0.393. The first-order chi connectivity index (χ1) is 10.2. The molecule has 2 N–H and O–H groups in total. The summed E-state index contributed by atoms with van der Waals surface area (Å²) in [5.74, 6) is 1.61. The summed E-state index contributed by atoms with van der Waals surface area (Å²) >= 11 is 0. The Bertz CT molecular complexity index is 617. The normalized spacial score (nSPS) is 17.6. The third-order valence-electron chi connectivity index (χ3n) is 4.57. The van der Waals surface area contributed by atoms with E-state index in [4.69, 9.17) is 0 Å². The van der Waals surface area contributed by atoms with E-state index in [1.54, 1.807) is 0 Å². The van der Waals surface area contributed by atoms with Crippen LogP contribution < -0.4 is 10.6 Å². The molecule has 1 aliphatic rings. The smallest absolute Gasteiger partial charge is 0.224 e. The third kappa shape index (κ3) is 3.09. The molecule has 1 fully saturated rings. The lowest BCUT2D eigenvalue weighted by Gasteiger charge is -2.34. The fourth-order valence-electron chi connectivity index (χ4n) is 3.20. The summed E-state index contributed by atoms with van der Waals surface area (Å²) in [5.41, 5.74) is 1.37. The van der Waals surface area contributed by atoms with E-state index in [-0.39, 0.29) is 0 Å². The molecule has 0 atom stereocenters. The highest BCUT2D eigenvalue weighted by Gasteiger charge is 2.26. The molecule has 112 valence electrons. The molecule has 0 spiro atoms. The molecule has 0 saturated heterocycles. The second-order valence-electron chi connectivity index (χ2n) is 6.39. The van der Waals surface area contributed by atoms with Crippen molar-refractivity contribution in [1.82, 2.24) is 9.97 Å². The number of fused-ring (bicyclic) bond motifs is 1. The van der Waals surface area contributed by atoms with Crippen molar-refractivity contribution < 1.29 is 0 Å². The number of rotatable bonds is 4. The number of anilines is 2. The van der Waals surface area contributed by atoms with E-state index < -0.39 is 0 Å². The summed E-state index contributed by atoms with van der Waals surface area (Å²) in [4.78, 5) is 9.11. The zero-order valence-electron chi connectivity index (χ0n) is 12.9. The average molecular weight is 284 g/mol. The van der Waals surface area contributed by atoms with Gasteiger partial charge in [0.1, 0.15) is 5.82 Å². The third-order valence-corrected chi connectivity index (χ3v) is 4.57. The van der Waals surface area contributed by atoms with E-state index >= 15 is 0 Å². The Hall–Kier alpha value is -1.84. The van der Waals surface area contributed by atoms with Gasteiger partial charge >= 0.3 is 0 Å². The standard InChI is InChI=1S/C17H24N4/c1-17(10-6-3-7-11-17)12-19-15-13-8-4-5-9-14(13)20-16(18-2)21-15/h4-5,8-9H,3,6-7,10-12H2,1-2H3,(H2,18,19,20,21). The summed E-state index contributed by atoms with van der Waals surface area (Å²) in [6.07, 6.45) is 6.70. The molecule has 0 aliphatic heterocycles. The Labute approximate surface area is 126 Å². The number of nitrogens with zero attached hydrogens (tertiary/aromatic N) is 2. The lowest BCUT2D eigenvalue weighted by Crippen LogP contribution is -2.29. The molecule has 1 aromatic carbocycles. The number of hydrogen-bond acceptors (Lipinski definition) is 4. The highest BCUT2D eigenvalue weighted by atomic mass is 15.1. The molecule has 0 bridgehead atoms. The Morgan fingerprint density at radius 3 is 2.62 bits per heavy atom. The van der Waals surface area contributed by atoms with E-state index in [0.29, 0.717) is 11.4 Å². The summed E-state index contributed by atoms with van der Waals surface area (Å²) < 4.78 is 0. The Morgan fingerprint density at radius 1 is 1.10 bits per heavy atom. The van der Waals surface area contributed by atoms with Gasteiger partial charge in [-0.2, -0.15) is 4.98 Å². The zero-order valence-corrected chi connectivity index (χ0v) is 12.9. The van der Waals surface area contributed by atoms with Crippen LogP contribution in [0.25, 0.3) is 10.9 Å². The summed E-state index contributed by atoms with van der Waals surface area (Å²) in [6, 6.07) is 8.17. The molecule has 1 heterocycles. The molecule has 0 radical (unpaired) electrons. The molecule has 0 amide bonds. The van der Waals surface area contributed by atoms with Gasteiger partial charge in [-0.15, -0.1) is 0 Å². The molecule has 21 heavy (non-hydrogen) atoms. The van der Waals surface area contributed by atoms with E-state index in [9.17, 15) is 0 Å². The van der Waals surface area contributed by atoms with Gasteiger partial charge in [0.25, 0.3) is 0 Å². The van der Waals surface area contributed by atoms with Crippen LogP contribution in [0.3, 0.4) is 0 Å². The summed E-state index contributed by atoms with van der Waals surface area (Å²) in [6.45, 7) is 3.37. The van der Waals surface area contributed by atoms with Gasteiger partial charge in [-0.05, 0) is 30.4 Å². The first kappa shape index (κ1) is 14.1. The molecule has 3 rings (SSSR count). The monoisotopic (exact) mass is 284 g/mol. The minimum absolute atomic E-state index is 0.393. The van der Waals surface area contributed by atoms with Gasteiger partial charge in [-0.3, -0.25) is 0 Å². The van der Waals surface area contributed by atoms with Crippen molar-refractivity contribution in [2.45, 2.75) is 39.0 Å². The molecule has 1 saturated carbocycles. The quantitative estimate of drug-likeness (QED) is 0.889. The van der Waals surface area contributed by atoms with Crippen LogP contribution in [0, 0.1) is 5.41 Å². The van der Waals surface area contributed by atoms with Crippen molar-refractivity contribution >= 4 is 22.7 Å². The van der Waals surface area contributed by atoms with Crippen molar-refractivity contribution in [1.29, 1.82) is 0 Å². The molecule has 1 aliphatic carbocycles. The highest BCUT2D eigenvalue weighted by molar-refractivity contribution is 5.90. The SMILES string of the molecule is CNc1nc(NCC2(C)CCCCC2)c2ccccc2n1. The van der Waals surface area contributed by atoms with E-state index in [1.165, 1.54) is 32.1 Å². The van der Waals surface area contributed by atoms with Gasteiger partial charge in [0.2, 0.25) is 5.95 Å². The summed E-state index contributed by atoms with van der Waals surface area (Å²) in [7, 11) is 1.86. The maximum Gasteiger partial charge on any atom is 0.224 e. The van der Waals surface area contributed by atoms with Crippen LogP contribution in [-0.4, -0.2) is 23.6 Å². The van der Waals surface area contributed by atoms with Gasteiger partial charge in [0.05, 0.1) is 5.52 Å². The van der Waals surface area contributed by atoms with Gasteiger partial charge < -0.3 is 10.6 Å².